The van der Waals surface area contributed by atoms with Crippen LogP contribution in [0.1, 0.15) is 18.2 Å². The maximum atomic E-state index is 13.6. The molecule has 35 heavy (non-hydrogen) atoms. The molecule has 15 heteroatoms. The van der Waals surface area contributed by atoms with Crippen molar-refractivity contribution in [1.29, 1.82) is 0 Å². The zero-order chi connectivity index (χ0) is 24.8. The second-order valence-electron chi connectivity index (χ2n) is 7.51. The first kappa shape index (κ1) is 24.2. The van der Waals surface area contributed by atoms with Crippen LogP contribution in [0.2, 0.25) is 0 Å². The topological polar surface area (TPSA) is 186 Å². The fraction of sp³-hybridized carbons (Fsp3) is 0.300. The molecule has 0 saturated carbocycles. The van der Waals surface area contributed by atoms with Gasteiger partial charge in [0.1, 0.15) is 17.8 Å². The monoisotopic (exact) mass is 500 g/mol. The molecule has 0 amide bonds. The molecule has 0 radical (unpaired) electrons. The first-order valence-corrected chi connectivity index (χ1v) is 12.0. The first-order valence-electron chi connectivity index (χ1n) is 10.4. The van der Waals surface area contributed by atoms with E-state index in [1.165, 1.54) is 41.5 Å². The van der Waals surface area contributed by atoms with Gasteiger partial charge in [-0.05, 0) is 36.7 Å². The largest absolute Gasteiger partial charge is 0.487 e. The molecule has 182 valence electrons. The predicted octanol–water partition coefficient (Wildman–Crippen LogP) is 2.92. The lowest BCUT2D eigenvalue weighted by Gasteiger charge is -2.23. The number of aromatic amines is 1. The van der Waals surface area contributed by atoms with Gasteiger partial charge >= 0.3 is 13.4 Å². The van der Waals surface area contributed by atoms with Crippen LogP contribution < -0.4 is 20.9 Å². The summed E-state index contributed by atoms with van der Waals surface area (Å²) in [7, 11) is -4.05. The van der Waals surface area contributed by atoms with Crippen molar-refractivity contribution in [3.63, 3.8) is 0 Å². The minimum Gasteiger partial charge on any atom is -0.409 e. The lowest BCUT2D eigenvalue weighted by molar-refractivity contribution is -0.0234. The lowest BCUT2D eigenvalue weighted by Crippen LogP contribution is -2.33. The third kappa shape index (κ3) is 5.94. The summed E-state index contributed by atoms with van der Waals surface area (Å²) in [4.78, 5) is 37.0. The zero-order valence-corrected chi connectivity index (χ0v) is 19.3. The second-order valence-corrected chi connectivity index (χ2v) is 9.17. The van der Waals surface area contributed by atoms with Crippen molar-refractivity contribution in [3.05, 3.63) is 92.0 Å². The molecule has 1 aliphatic heterocycles. The van der Waals surface area contributed by atoms with Crippen LogP contribution in [0, 0.1) is 6.92 Å². The molecule has 3 aromatic rings. The van der Waals surface area contributed by atoms with E-state index in [4.69, 9.17) is 19.3 Å². The van der Waals surface area contributed by atoms with E-state index in [0.29, 0.717) is 5.56 Å². The molecule has 14 nitrogen and oxygen atoms in total. The molecule has 2 N–H and O–H groups in total. The molecule has 0 spiro atoms. The average Bonchev–Trinajstić information content (AvgIpc) is 3.24. The number of H-pyrrole nitrogens is 1. The summed E-state index contributed by atoms with van der Waals surface area (Å²) in [5.74, 6) is 0.482. The van der Waals surface area contributed by atoms with Gasteiger partial charge in [0.25, 0.3) is 5.56 Å². The Hall–Kier alpha value is -3.96. The summed E-state index contributed by atoms with van der Waals surface area (Å²) in [6.07, 6.45) is 4.22. The Balaban J connectivity index is 1.55. The zero-order valence-electron chi connectivity index (χ0n) is 18.4. The van der Waals surface area contributed by atoms with E-state index in [1.54, 1.807) is 25.1 Å². The van der Waals surface area contributed by atoms with E-state index < -0.39 is 37.4 Å². The third-order valence-electron chi connectivity index (χ3n) is 5.06. The van der Waals surface area contributed by atoms with Gasteiger partial charge in [0.2, 0.25) is 0 Å². The van der Waals surface area contributed by atoms with Crippen LogP contribution >= 0.6 is 7.75 Å². The number of hydrogen-bond donors (Lipinski definition) is 2. The number of ether oxygens (including phenoxy) is 1. The Kier molecular flexibility index (Phi) is 7.28. The number of rotatable bonds is 9. The second kappa shape index (κ2) is 10.5. The quantitative estimate of drug-likeness (QED) is 0.193. The normalized spacial score (nSPS) is 21.0. The van der Waals surface area contributed by atoms with Gasteiger partial charge < -0.3 is 9.26 Å². The van der Waals surface area contributed by atoms with Gasteiger partial charge in [0.15, 0.2) is 0 Å². The SMILES string of the molecule is Cc1cn([C@H]2CC(N=[N+]=[N-])[C@@H](COP(=O)(Nc3ccccn3)Oc3ccncc3)O2)c(=O)[nH]c1=O. The highest BCUT2D eigenvalue weighted by molar-refractivity contribution is 7.55. The smallest absolute Gasteiger partial charge is 0.409 e. The number of pyridine rings is 2. The van der Waals surface area contributed by atoms with E-state index in [2.05, 4.69) is 30.1 Å². The van der Waals surface area contributed by atoms with Gasteiger partial charge in [-0.15, -0.1) is 0 Å². The summed E-state index contributed by atoms with van der Waals surface area (Å²) >= 11 is 0. The van der Waals surface area contributed by atoms with Gasteiger partial charge in [0.05, 0.1) is 18.8 Å². The van der Waals surface area contributed by atoms with E-state index in [1.807, 2.05) is 0 Å². The highest BCUT2D eigenvalue weighted by Crippen LogP contribution is 2.48. The third-order valence-corrected chi connectivity index (χ3v) is 6.50. The summed E-state index contributed by atoms with van der Waals surface area (Å²) in [6.45, 7) is 1.24. The van der Waals surface area contributed by atoms with Crippen molar-refractivity contribution in [2.24, 2.45) is 5.11 Å². The standard InChI is InChI=1S/C20H21N8O6P/c1-13-11-28(20(30)24-19(13)29)18-10-15(25-27-21)16(33-18)12-32-35(31,26-17-4-2-3-7-23-17)34-14-5-8-22-9-6-14/h2-9,11,15-16,18H,10,12H2,1H3,(H,23,26,31)(H,24,29,30)/t15?,16-,18-,35?/m1/s1. The molecule has 4 atom stereocenters. The van der Waals surface area contributed by atoms with Crippen molar-refractivity contribution >= 4 is 13.6 Å². The number of nitrogens with zero attached hydrogens (tertiary/aromatic N) is 6. The molecule has 0 aliphatic carbocycles. The Morgan fingerprint density at radius 3 is 2.83 bits per heavy atom. The van der Waals surface area contributed by atoms with Crippen LogP contribution in [0.5, 0.6) is 5.75 Å². The van der Waals surface area contributed by atoms with Crippen LogP contribution in [-0.2, 0) is 13.8 Å². The van der Waals surface area contributed by atoms with E-state index >= 15 is 0 Å². The molecule has 0 aromatic carbocycles. The molecule has 1 fully saturated rings. The molecule has 3 aromatic heterocycles. The van der Waals surface area contributed by atoms with Gasteiger partial charge in [-0.1, -0.05) is 11.2 Å². The maximum Gasteiger partial charge on any atom is 0.487 e. The molecule has 4 heterocycles. The number of hydrogen-bond acceptors (Lipinski definition) is 9. The van der Waals surface area contributed by atoms with Crippen molar-refractivity contribution in [3.8, 4) is 5.75 Å². The molecule has 0 bridgehead atoms. The number of anilines is 1. The minimum atomic E-state index is -4.05. The van der Waals surface area contributed by atoms with Crippen LogP contribution in [0.25, 0.3) is 10.4 Å². The highest BCUT2D eigenvalue weighted by Gasteiger charge is 2.39. The Labute approximate surface area is 198 Å². The number of nitrogens with one attached hydrogen (secondary N) is 2. The number of aromatic nitrogens is 4. The fourth-order valence-corrected chi connectivity index (χ4v) is 4.70. The number of azide groups is 1. The highest BCUT2D eigenvalue weighted by atomic mass is 31.2. The summed E-state index contributed by atoms with van der Waals surface area (Å²) in [6, 6.07) is 7.24. The molecule has 2 unspecified atom stereocenters. The van der Waals surface area contributed by atoms with Crippen LogP contribution in [0.3, 0.4) is 0 Å². The Morgan fingerprint density at radius 2 is 2.11 bits per heavy atom. The van der Waals surface area contributed by atoms with E-state index in [-0.39, 0.29) is 24.6 Å². The van der Waals surface area contributed by atoms with Gasteiger partial charge in [-0.3, -0.25) is 28.9 Å². The lowest BCUT2D eigenvalue weighted by atomic mass is 10.1. The maximum absolute atomic E-state index is 13.6. The van der Waals surface area contributed by atoms with Crippen molar-refractivity contribution in [2.45, 2.75) is 31.7 Å². The van der Waals surface area contributed by atoms with Crippen molar-refractivity contribution in [2.75, 3.05) is 11.7 Å². The Bertz CT molecular complexity index is 1330. The van der Waals surface area contributed by atoms with Crippen molar-refractivity contribution < 1.29 is 18.3 Å². The first-order chi connectivity index (χ1) is 16.9. The van der Waals surface area contributed by atoms with Crippen LogP contribution in [-0.4, -0.2) is 38.3 Å². The average molecular weight is 500 g/mol. The molecular formula is C20H21N8O6P. The van der Waals surface area contributed by atoms with E-state index in [9.17, 15) is 14.2 Å². The Morgan fingerprint density at radius 1 is 1.31 bits per heavy atom. The van der Waals surface area contributed by atoms with Crippen molar-refractivity contribution in [1.82, 2.24) is 19.5 Å². The van der Waals surface area contributed by atoms with Crippen LogP contribution in [0.15, 0.2) is 69.8 Å². The molecule has 1 aliphatic rings. The van der Waals surface area contributed by atoms with E-state index in [0.717, 1.165) is 0 Å². The summed E-state index contributed by atoms with van der Waals surface area (Å²) in [5, 5.41) is 6.40. The molecule has 4 rings (SSSR count). The van der Waals surface area contributed by atoms with Gasteiger partial charge in [-0.25, -0.2) is 14.3 Å². The van der Waals surface area contributed by atoms with Gasteiger partial charge in [0, 0.05) is 41.7 Å². The van der Waals surface area contributed by atoms with Gasteiger partial charge in [-0.2, -0.15) is 0 Å². The minimum absolute atomic E-state index is 0.132. The summed E-state index contributed by atoms with van der Waals surface area (Å²) < 4.78 is 32.0. The fourth-order valence-electron chi connectivity index (χ4n) is 3.38. The van der Waals surface area contributed by atoms with Crippen LogP contribution in [0.4, 0.5) is 5.82 Å². The molecular weight excluding hydrogens is 479 g/mol. The number of aryl methyl sites for hydroxylation is 1. The molecule has 1 saturated heterocycles. The summed E-state index contributed by atoms with van der Waals surface area (Å²) in [5.41, 5.74) is 8.12. The predicted molar refractivity (Wildman–Crippen MR) is 124 cm³/mol.